The van der Waals surface area contributed by atoms with E-state index in [9.17, 15) is 9.90 Å². The van der Waals surface area contributed by atoms with Gasteiger partial charge in [0.05, 0.1) is 10.6 Å². The lowest BCUT2D eigenvalue weighted by atomic mass is 9.68. The van der Waals surface area contributed by atoms with Crippen molar-refractivity contribution in [1.29, 1.82) is 0 Å². The van der Waals surface area contributed by atoms with Crippen LogP contribution in [0.5, 0.6) is 5.75 Å². The number of likely N-dealkylation sites (tertiary alicyclic amines) is 1. The molecule has 1 N–H and O–H groups in total. The molecular weight excluding hydrogens is 286 g/mol. The molecule has 3 rings (SSSR count). The molecule has 1 saturated heterocycles. The summed E-state index contributed by atoms with van der Waals surface area (Å²) in [6.45, 7) is 1.62. The summed E-state index contributed by atoms with van der Waals surface area (Å²) in [5, 5.41) is 9.97. The average molecular weight is 308 g/mol. The molecule has 2 aliphatic rings. The molecule has 1 aliphatic heterocycles. The van der Waals surface area contributed by atoms with E-state index in [-0.39, 0.29) is 11.7 Å². The molecule has 4 heteroatoms. The van der Waals surface area contributed by atoms with Crippen LogP contribution in [0.3, 0.4) is 0 Å². The summed E-state index contributed by atoms with van der Waals surface area (Å²) in [6.07, 6.45) is 8.90. The Hall–Kier alpha value is -1.22. The molecule has 114 valence electrons. The number of aromatic hydroxyl groups is 1. The van der Waals surface area contributed by atoms with Gasteiger partial charge in [-0.1, -0.05) is 30.9 Å². The predicted molar refractivity (Wildman–Crippen MR) is 83.8 cm³/mol. The van der Waals surface area contributed by atoms with Crippen molar-refractivity contribution in [2.45, 2.75) is 44.9 Å². The zero-order valence-electron chi connectivity index (χ0n) is 12.3. The fourth-order valence-corrected chi connectivity index (χ4v) is 4.03. The van der Waals surface area contributed by atoms with Crippen LogP contribution in [0.25, 0.3) is 0 Å². The monoisotopic (exact) mass is 307 g/mol. The minimum Gasteiger partial charge on any atom is -0.508 e. The fourth-order valence-electron chi connectivity index (χ4n) is 3.83. The van der Waals surface area contributed by atoms with Crippen molar-refractivity contribution in [1.82, 2.24) is 4.90 Å². The van der Waals surface area contributed by atoms with Gasteiger partial charge in [-0.3, -0.25) is 4.79 Å². The van der Waals surface area contributed by atoms with Gasteiger partial charge in [-0.2, -0.15) is 0 Å². The van der Waals surface area contributed by atoms with E-state index in [2.05, 4.69) is 0 Å². The van der Waals surface area contributed by atoms with Crippen LogP contribution in [0.4, 0.5) is 0 Å². The van der Waals surface area contributed by atoms with Crippen molar-refractivity contribution >= 4 is 17.5 Å². The topological polar surface area (TPSA) is 40.5 Å². The molecule has 3 nitrogen and oxygen atoms in total. The van der Waals surface area contributed by atoms with Gasteiger partial charge in [0.25, 0.3) is 5.91 Å². The molecule has 1 heterocycles. The highest BCUT2D eigenvalue weighted by Gasteiger charge is 2.37. The summed E-state index contributed by atoms with van der Waals surface area (Å²) >= 11 is 6.09. The summed E-state index contributed by atoms with van der Waals surface area (Å²) in [6, 6.07) is 4.55. The first-order chi connectivity index (χ1) is 10.1. The molecule has 1 amide bonds. The van der Waals surface area contributed by atoms with Crippen LogP contribution in [-0.4, -0.2) is 29.0 Å². The van der Waals surface area contributed by atoms with Crippen molar-refractivity contribution in [2.24, 2.45) is 5.41 Å². The molecule has 1 spiro atoms. The molecule has 0 unspecified atom stereocenters. The standard InChI is InChI=1S/C17H22ClNO2/c18-15-5-4-13(20)12-14(15)16(21)19-10-8-17(9-11-19)6-2-1-3-7-17/h4-5,12,20H,1-3,6-11H2. The lowest BCUT2D eigenvalue weighted by Crippen LogP contribution is -2.44. The van der Waals surface area contributed by atoms with Crippen molar-refractivity contribution in [3.05, 3.63) is 28.8 Å². The number of carbonyl (C=O) groups is 1. The van der Waals surface area contributed by atoms with Crippen LogP contribution in [0.15, 0.2) is 18.2 Å². The summed E-state index contributed by atoms with van der Waals surface area (Å²) in [7, 11) is 0. The van der Waals surface area contributed by atoms with Crippen molar-refractivity contribution < 1.29 is 9.90 Å². The highest BCUT2D eigenvalue weighted by Crippen LogP contribution is 2.44. The third-order valence-electron chi connectivity index (χ3n) is 5.21. The number of rotatable bonds is 1. The molecule has 0 aromatic heterocycles. The summed E-state index contributed by atoms with van der Waals surface area (Å²) in [4.78, 5) is 14.5. The van der Waals surface area contributed by atoms with Crippen molar-refractivity contribution in [3.63, 3.8) is 0 Å². The first kappa shape index (κ1) is 14.7. The second kappa shape index (κ2) is 5.88. The van der Waals surface area contributed by atoms with E-state index in [1.165, 1.54) is 44.2 Å². The van der Waals surface area contributed by atoms with Crippen LogP contribution < -0.4 is 0 Å². The Morgan fingerprint density at radius 1 is 1.10 bits per heavy atom. The highest BCUT2D eigenvalue weighted by molar-refractivity contribution is 6.33. The molecule has 0 bridgehead atoms. The van der Waals surface area contributed by atoms with Crippen molar-refractivity contribution in [2.75, 3.05) is 13.1 Å². The molecule has 21 heavy (non-hydrogen) atoms. The number of hydrogen-bond donors (Lipinski definition) is 1. The summed E-state index contributed by atoms with van der Waals surface area (Å²) < 4.78 is 0. The van der Waals surface area contributed by atoms with E-state index in [0.29, 0.717) is 16.0 Å². The van der Waals surface area contributed by atoms with Gasteiger partial charge in [-0.15, -0.1) is 0 Å². The number of phenolic OH excluding ortho intramolecular Hbond substituents is 1. The number of hydrogen-bond acceptors (Lipinski definition) is 2. The lowest BCUT2D eigenvalue weighted by Gasteiger charge is -2.44. The lowest BCUT2D eigenvalue weighted by molar-refractivity contribution is 0.0472. The fraction of sp³-hybridized carbons (Fsp3) is 0.588. The van der Waals surface area contributed by atoms with E-state index in [0.717, 1.165) is 25.9 Å². The van der Waals surface area contributed by atoms with Crippen LogP contribution in [0.1, 0.15) is 55.3 Å². The summed E-state index contributed by atoms with van der Waals surface area (Å²) in [5.74, 6) is 0.0325. The van der Waals surface area contributed by atoms with Crippen LogP contribution in [0, 0.1) is 5.41 Å². The van der Waals surface area contributed by atoms with E-state index in [1.54, 1.807) is 6.07 Å². The average Bonchev–Trinajstić information content (AvgIpc) is 2.51. The van der Waals surface area contributed by atoms with Crippen LogP contribution >= 0.6 is 11.6 Å². The zero-order valence-corrected chi connectivity index (χ0v) is 13.0. The first-order valence-corrected chi connectivity index (χ1v) is 8.25. The maximum absolute atomic E-state index is 12.6. The first-order valence-electron chi connectivity index (χ1n) is 7.88. The quantitative estimate of drug-likeness (QED) is 0.843. The molecule has 1 aromatic rings. The van der Waals surface area contributed by atoms with Gasteiger partial charge in [0.1, 0.15) is 5.75 Å². The Morgan fingerprint density at radius 2 is 1.76 bits per heavy atom. The van der Waals surface area contributed by atoms with E-state index < -0.39 is 0 Å². The number of halogens is 1. The van der Waals surface area contributed by atoms with Gasteiger partial charge >= 0.3 is 0 Å². The van der Waals surface area contributed by atoms with E-state index >= 15 is 0 Å². The second-order valence-electron chi connectivity index (χ2n) is 6.52. The minimum atomic E-state index is -0.0541. The predicted octanol–water partition coefficient (Wildman–Crippen LogP) is 4.23. The van der Waals surface area contributed by atoms with Gasteiger partial charge in [-0.25, -0.2) is 0 Å². The van der Waals surface area contributed by atoms with E-state index in [4.69, 9.17) is 11.6 Å². The largest absolute Gasteiger partial charge is 0.508 e. The normalized spacial score (nSPS) is 21.5. The van der Waals surface area contributed by atoms with Gasteiger partial charge in [0.2, 0.25) is 0 Å². The molecule has 1 saturated carbocycles. The third kappa shape index (κ3) is 3.03. The number of nitrogens with zero attached hydrogens (tertiary/aromatic N) is 1. The number of amides is 1. The third-order valence-corrected chi connectivity index (χ3v) is 5.54. The number of piperidine rings is 1. The second-order valence-corrected chi connectivity index (χ2v) is 6.92. The Morgan fingerprint density at radius 3 is 2.43 bits per heavy atom. The smallest absolute Gasteiger partial charge is 0.255 e. The summed E-state index contributed by atoms with van der Waals surface area (Å²) in [5.41, 5.74) is 0.897. The highest BCUT2D eigenvalue weighted by atomic mass is 35.5. The zero-order chi connectivity index (χ0) is 14.9. The van der Waals surface area contributed by atoms with Crippen molar-refractivity contribution in [3.8, 4) is 5.75 Å². The molecule has 1 aliphatic carbocycles. The molecule has 0 atom stereocenters. The van der Waals surface area contributed by atoms with Gasteiger partial charge in [0.15, 0.2) is 0 Å². The Kier molecular flexibility index (Phi) is 4.12. The van der Waals surface area contributed by atoms with Gasteiger partial charge in [-0.05, 0) is 49.3 Å². The minimum absolute atomic E-state index is 0.0541. The molecule has 1 aromatic carbocycles. The number of phenols is 1. The molecule has 2 fully saturated rings. The maximum atomic E-state index is 12.6. The maximum Gasteiger partial charge on any atom is 0.255 e. The Balaban J connectivity index is 1.69. The Labute approximate surface area is 130 Å². The van der Waals surface area contributed by atoms with Crippen LogP contribution in [0.2, 0.25) is 5.02 Å². The van der Waals surface area contributed by atoms with E-state index in [1.807, 2.05) is 4.90 Å². The number of benzene rings is 1. The SMILES string of the molecule is O=C(c1cc(O)ccc1Cl)N1CCC2(CCCCC2)CC1. The Bertz CT molecular complexity index is 528. The molecular formula is C17H22ClNO2. The number of carbonyl (C=O) groups excluding carboxylic acids is 1. The molecule has 0 radical (unpaired) electrons. The van der Waals surface area contributed by atoms with Gasteiger partial charge in [0, 0.05) is 13.1 Å². The van der Waals surface area contributed by atoms with Gasteiger partial charge < -0.3 is 10.0 Å². The van der Waals surface area contributed by atoms with Crippen LogP contribution in [-0.2, 0) is 0 Å².